The molecule has 0 spiro atoms. The molecule has 2 aromatic rings. The van der Waals surface area contributed by atoms with Gasteiger partial charge in [0.2, 0.25) is 0 Å². The van der Waals surface area contributed by atoms with E-state index in [-0.39, 0.29) is 5.75 Å². The Morgan fingerprint density at radius 1 is 1.19 bits per heavy atom. The zero-order chi connectivity index (χ0) is 20.7. The summed E-state index contributed by atoms with van der Waals surface area (Å²) < 4.78 is 67.7. The third-order valence-corrected chi connectivity index (χ3v) is 6.09. The van der Waals surface area contributed by atoms with Crippen LogP contribution in [0.2, 0.25) is 5.02 Å². The highest BCUT2D eigenvalue weighted by molar-refractivity contribution is 7.91. The average molecular weight is 423 g/mol. The molecule has 0 aliphatic heterocycles. The van der Waals surface area contributed by atoms with Gasteiger partial charge in [0.05, 0.1) is 11.4 Å². The molecule has 1 amide bonds. The lowest BCUT2D eigenvalue weighted by atomic mass is 10.0. The van der Waals surface area contributed by atoms with Crippen molar-refractivity contribution in [1.29, 1.82) is 0 Å². The molecule has 2 rings (SSSR count). The molecule has 1 heterocycles. The van der Waals surface area contributed by atoms with Crippen molar-refractivity contribution in [2.24, 2.45) is 12.5 Å². The van der Waals surface area contributed by atoms with E-state index in [4.69, 9.17) is 11.6 Å². The van der Waals surface area contributed by atoms with Crippen LogP contribution in [0.1, 0.15) is 31.3 Å². The van der Waals surface area contributed by atoms with Gasteiger partial charge in [0.15, 0.2) is 21.5 Å². The third-order valence-electron chi connectivity index (χ3n) is 3.54. The Morgan fingerprint density at radius 3 is 2.33 bits per heavy atom. The van der Waals surface area contributed by atoms with Gasteiger partial charge < -0.3 is 9.88 Å². The van der Waals surface area contributed by atoms with Crippen molar-refractivity contribution in [3.8, 4) is 0 Å². The highest BCUT2D eigenvalue weighted by Crippen LogP contribution is 2.29. The van der Waals surface area contributed by atoms with Gasteiger partial charge in [-0.25, -0.2) is 21.6 Å². The summed E-state index contributed by atoms with van der Waals surface area (Å²) in [6.45, 7) is 5.04. The van der Waals surface area contributed by atoms with Crippen LogP contribution in [-0.4, -0.2) is 24.6 Å². The fraction of sp³-hybridized carbons (Fsp3) is 0.353. The molecule has 0 saturated carbocycles. The second kappa shape index (κ2) is 7.20. The molecule has 0 atom stereocenters. The van der Waals surface area contributed by atoms with E-state index in [1.54, 1.807) is 20.8 Å². The minimum absolute atomic E-state index is 0.329. The Bertz CT molecular complexity index is 1010. The lowest BCUT2D eigenvalue weighted by molar-refractivity contribution is 0.101. The van der Waals surface area contributed by atoms with E-state index >= 15 is 0 Å². The van der Waals surface area contributed by atoms with E-state index in [1.165, 1.54) is 7.05 Å². The molecule has 0 aliphatic rings. The summed E-state index contributed by atoms with van der Waals surface area (Å²) >= 11 is 5.44. The summed E-state index contributed by atoms with van der Waals surface area (Å²) in [5, 5.41) is 1.24. The Morgan fingerprint density at radius 2 is 1.78 bits per heavy atom. The number of sulfone groups is 1. The second-order valence-electron chi connectivity index (χ2n) is 7.26. The monoisotopic (exact) mass is 422 g/mol. The number of carbonyl (C=O) groups is 1. The first-order valence-electron chi connectivity index (χ1n) is 7.77. The molecule has 0 radical (unpaired) electrons. The molecule has 0 aliphatic carbocycles. The fourth-order valence-electron chi connectivity index (χ4n) is 2.50. The van der Waals surface area contributed by atoms with Gasteiger partial charge in [-0.1, -0.05) is 32.4 Å². The van der Waals surface area contributed by atoms with Crippen LogP contribution in [0.15, 0.2) is 23.2 Å². The molecule has 0 unspecified atom stereocenters. The van der Waals surface area contributed by atoms with E-state index < -0.39 is 59.9 Å². The molecule has 1 aromatic carbocycles. The van der Waals surface area contributed by atoms with Crippen LogP contribution in [0.3, 0.4) is 0 Å². The van der Waals surface area contributed by atoms with Crippen LogP contribution in [0.4, 0.5) is 18.9 Å². The summed E-state index contributed by atoms with van der Waals surface area (Å²) in [4.78, 5) is 11.7. The van der Waals surface area contributed by atoms with E-state index in [1.807, 2.05) is 0 Å². The molecule has 1 aromatic heterocycles. The minimum Gasteiger partial charge on any atom is -0.343 e. The standard InChI is InChI=1S/C17H18ClF3N2O3S/c1-17(2,3)8-27(25,26)11-7-23(4)15(14(11)21)16(24)22-10-6-5-9(19)12(18)13(10)20/h5-7H,8H2,1-4H3,(H,22,24). The molecule has 0 fully saturated rings. The maximum absolute atomic E-state index is 14.7. The fourth-order valence-corrected chi connectivity index (χ4v) is 4.65. The maximum Gasteiger partial charge on any atom is 0.275 e. The molecule has 148 valence electrons. The molecule has 5 nitrogen and oxygen atoms in total. The Kier molecular flexibility index (Phi) is 5.68. The van der Waals surface area contributed by atoms with Crippen molar-refractivity contribution in [2.75, 3.05) is 11.1 Å². The van der Waals surface area contributed by atoms with Crippen molar-refractivity contribution in [3.63, 3.8) is 0 Å². The van der Waals surface area contributed by atoms with E-state index in [0.717, 1.165) is 22.9 Å². The minimum atomic E-state index is -4.00. The Labute approximate surface area is 160 Å². The van der Waals surface area contributed by atoms with Gasteiger partial charge in [0.25, 0.3) is 5.91 Å². The average Bonchev–Trinajstić information content (AvgIpc) is 2.81. The predicted molar refractivity (Wildman–Crippen MR) is 96.2 cm³/mol. The third kappa shape index (κ3) is 4.47. The van der Waals surface area contributed by atoms with Crippen molar-refractivity contribution in [1.82, 2.24) is 4.57 Å². The van der Waals surface area contributed by atoms with Crippen LogP contribution in [-0.2, 0) is 16.9 Å². The number of hydrogen-bond donors (Lipinski definition) is 1. The van der Waals surface area contributed by atoms with Gasteiger partial charge in [-0.15, -0.1) is 0 Å². The normalized spacial score (nSPS) is 12.3. The topological polar surface area (TPSA) is 68.2 Å². The van der Waals surface area contributed by atoms with E-state index in [9.17, 15) is 26.4 Å². The lowest BCUT2D eigenvalue weighted by Gasteiger charge is -2.17. The first-order valence-corrected chi connectivity index (χ1v) is 9.80. The van der Waals surface area contributed by atoms with Crippen LogP contribution >= 0.6 is 11.6 Å². The van der Waals surface area contributed by atoms with Crippen LogP contribution in [0.5, 0.6) is 0 Å². The highest BCUT2D eigenvalue weighted by atomic mass is 35.5. The first kappa shape index (κ1) is 21.3. The van der Waals surface area contributed by atoms with E-state index in [0.29, 0.717) is 0 Å². The van der Waals surface area contributed by atoms with Crippen LogP contribution in [0.25, 0.3) is 0 Å². The van der Waals surface area contributed by atoms with Gasteiger partial charge in [0, 0.05) is 13.2 Å². The molecule has 27 heavy (non-hydrogen) atoms. The number of aromatic nitrogens is 1. The summed E-state index contributed by atoms with van der Waals surface area (Å²) in [5.74, 6) is -4.92. The highest BCUT2D eigenvalue weighted by Gasteiger charge is 2.32. The van der Waals surface area contributed by atoms with Crippen molar-refractivity contribution in [3.05, 3.63) is 46.5 Å². The molecular formula is C17H18ClF3N2O3S. The van der Waals surface area contributed by atoms with Crippen molar-refractivity contribution >= 4 is 33.0 Å². The summed E-state index contributed by atoms with van der Waals surface area (Å²) in [5.41, 5.74) is -1.70. The molecule has 0 saturated heterocycles. The van der Waals surface area contributed by atoms with Crippen molar-refractivity contribution in [2.45, 2.75) is 25.7 Å². The zero-order valence-electron chi connectivity index (χ0n) is 15.0. The SMILES string of the molecule is Cn1cc(S(=O)(=O)CC(C)(C)C)c(F)c1C(=O)Nc1ccc(F)c(Cl)c1F. The summed E-state index contributed by atoms with van der Waals surface area (Å²) in [7, 11) is -2.72. The predicted octanol–water partition coefficient (Wildman–Crippen LogP) is 4.17. The number of rotatable bonds is 4. The summed E-state index contributed by atoms with van der Waals surface area (Å²) in [6.07, 6.45) is 0.985. The molecular weight excluding hydrogens is 405 g/mol. The van der Waals surface area contributed by atoms with Gasteiger partial charge in [-0.3, -0.25) is 4.79 Å². The number of anilines is 1. The Hall–Kier alpha value is -2.00. The Balaban J connectivity index is 2.42. The molecule has 10 heteroatoms. The zero-order valence-corrected chi connectivity index (χ0v) is 16.6. The van der Waals surface area contributed by atoms with Gasteiger partial charge >= 0.3 is 0 Å². The number of carbonyl (C=O) groups excluding carboxylic acids is 1. The number of benzene rings is 1. The van der Waals surface area contributed by atoms with E-state index in [2.05, 4.69) is 5.32 Å². The number of aryl methyl sites for hydroxylation is 1. The van der Waals surface area contributed by atoms with Gasteiger partial charge in [0.1, 0.15) is 21.4 Å². The maximum atomic E-state index is 14.7. The largest absolute Gasteiger partial charge is 0.343 e. The van der Waals surface area contributed by atoms with Gasteiger partial charge in [-0.2, -0.15) is 0 Å². The first-order chi connectivity index (χ1) is 12.2. The number of nitrogens with zero attached hydrogens (tertiary/aromatic N) is 1. The second-order valence-corrected chi connectivity index (χ2v) is 9.60. The molecule has 1 N–H and O–H groups in total. The van der Waals surface area contributed by atoms with Crippen LogP contribution < -0.4 is 5.32 Å². The van der Waals surface area contributed by atoms with Gasteiger partial charge in [-0.05, 0) is 17.5 Å². The summed E-state index contributed by atoms with van der Waals surface area (Å²) in [6, 6.07) is 1.76. The number of amides is 1. The van der Waals surface area contributed by atoms with Crippen LogP contribution in [0, 0.1) is 22.9 Å². The number of nitrogens with one attached hydrogen (secondary N) is 1. The van der Waals surface area contributed by atoms with Crippen molar-refractivity contribution < 1.29 is 26.4 Å². The smallest absolute Gasteiger partial charge is 0.275 e. The number of hydrogen-bond acceptors (Lipinski definition) is 3. The quantitative estimate of drug-likeness (QED) is 0.752. The lowest BCUT2D eigenvalue weighted by Crippen LogP contribution is -2.21. The molecule has 0 bridgehead atoms. The number of halogens is 4.